The molecule has 0 amide bonds. The molecule has 1 fully saturated rings. The molecule has 1 saturated heterocycles. The third-order valence-corrected chi connectivity index (χ3v) is 3.85. The Hall–Kier alpha value is -1.67. The molecule has 0 radical (unpaired) electrons. The smallest absolute Gasteiger partial charge is 0.321 e. The van der Waals surface area contributed by atoms with Crippen molar-refractivity contribution in [3.05, 3.63) is 29.8 Å². The molecule has 0 bridgehead atoms. The number of likely N-dealkylation sites (tertiary alicyclic amines) is 1. The van der Waals surface area contributed by atoms with Crippen molar-refractivity contribution < 1.29 is 29.6 Å². The van der Waals surface area contributed by atoms with E-state index < -0.39 is 24.2 Å². The lowest BCUT2D eigenvalue weighted by Gasteiger charge is -2.23. The topological polar surface area (TPSA) is 99.5 Å². The Kier molecular flexibility index (Phi) is 6.35. The maximum Gasteiger partial charge on any atom is 0.321 e. The van der Waals surface area contributed by atoms with Gasteiger partial charge in [0.15, 0.2) is 0 Å². The fourth-order valence-electron chi connectivity index (χ4n) is 2.70. The summed E-state index contributed by atoms with van der Waals surface area (Å²) in [5, 5.41) is 28.7. The Morgan fingerprint density at radius 2 is 2.09 bits per heavy atom. The normalized spacial score (nSPS) is 22.9. The zero-order chi connectivity index (χ0) is 16.8. The van der Waals surface area contributed by atoms with Crippen molar-refractivity contribution in [3.8, 4) is 5.75 Å². The summed E-state index contributed by atoms with van der Waals surface area (Å²) >= 11 is 0. The van der Waals surface area contributed by atoms with E-state index >= 15 is 0 Å². The van der Waals surface area contributed by atoms with E-state index in [4.69, 9.17) is 14.6 Å². The first-order chi connectivity index (χ1) is 11.0. The molecule has 1 unspecified atom stereocenters. The molecular weight excluding hydrogens is 302 g/mol. The Bertz CT molecular complexity index is 506. The van der Waals surface area contributed by atoms with Crippen LogP contribution < -0.4 is 4.74 Å². The van der Waals surface area contributed by atoms with Crippen molar-refractivity contribution in [2.24, 2.45) is 0 Å². The molecule has 3 atom stereocenters. The van der Waals surface area contributed by atoms with Crippen LogP contribution in [0.4, 0.5) is 0 Å². The Morgan fingerprint density at radius 3 is 2.70 bits per heavy atom. The van der Waals surface area contributed by atoms with Crippen molar-refractivity contribution >= 4 is 5.97 Å². The van der Waals surface area contributed by atoms with E-state index in [1.807, 2.05) is 24.3 Å². The van der Waals surface area contributed by atoms with Crippen LogP contribution in [0.1, 0.15) is 12.0 Å². The molecule has 0 spiro atoms. The average Bonchev–Trinajstić information content (AvgIpc) is 2.88. The van der Waals surface area contributed by atoms with Crippen molar-refractivity contribution in [1.82, 2.24) is 4.90 Å². The van der Waals surface area contributed by atoms with E-state index in [2.05, 4.69) is 0 Å². The highest BCUT2D eigenvalue weighted by atomic mass is 16.5. The molecular formula is C16H23NO6. The average molecular weight is 325 g/mol. The van der Waals surface area contributed by atoms with Gasteiger partial charge in [-0.25, -0.2) is 0 Å². The van der Waals surface area contributed by atoms with Gasteiger partial charge in [-0.3, -0.25) is 9.69 Å². The van der Waals surface area contributed by atoms with E-state index in [9.17, 15) is 15.0 Å². The third-order valence-electron chi connectivity index (χ3n) is 3.85. The summed E-state index contributed by atoms with van der Waals surface area (Å²) in [5.74, 6) is -0.214. The van der Waals surface area contributed by atoms with Gasteiger partial charge in [0.2, 0.25) is 0 Å². The molecule has 1 heterocycles. The van der Waals surface area contributed by atoms with E-state index in [1.165, 1.54) is 0 Å². The second kappa shape index (κ2) is 8.26. The molecule has 1 aliphatic rings. The highest BCUT2D eigenvalue weighted by Gasteiger charge is 2.36. The standard InChI is InChI=1S/C16H23NO6/c1-22-14-4-2-11(3-5-14)9-23-10-13(19)8-17-7-12(18)6-15(17)16(20)21/h2-5,12-13,15,18-19H,6-10H2,1H3,(H,20,21)/t12-,13?,15-/m1/s1. The van der Waals surface area contributed by atoms with Gasteiger partial charge < -0.3 is 24.8 Å². The largest absolute Gasteiger partial charge is 0.497 e. The van der Waals surface area contributed by atoms with Gasteiger partial charge in [-0.1, -0.05) is 12.1 Å². The van der Waals surface area contributed by atoms with E-state index in [0.717, 1.165) is 11.3 Å². The predicted octanol–water partition coefficient (Wildman–Crippen LogP) is 0.0925. The molecule has 1 aliphatic heterocycles. The lowest BCUT2D eigenvalue weighted by atomic mass is 10.2. The second-order valence-corrected chi connectivity index (χ2v) is 5.71. The fraction of sp³-hybridized carbons (Fsp3) is 0.562. The van der Waals surface area contributed by atoms with Crippen LogP contribution in [-0.4, -0.2) is 71.2 Å². The van der Waals surface area contributed by atoms with Gasteiger partial charge in [-0.15, -0.1) is 0 Å². The van der Waals surface area contributed by atoms with Gasteiger partial charge in [-0.2, -0.15) is 0 Å². The minimum Gasteiger partial charge on any atom is -0.497 e. The van der Waals surface area contributed by atoms with Gasteiger partial charge in [0, 0.05) is 19.5 Å². The van der Waals surface area contributed by atoms with Gasteiger partial charge in [0.25, 0.3) is 0 Å². The first kappa shape index (κ1) is 17.7. The number of aliphatic carboxylic acids is 1. The first-order valence-corrected chi connectivity index (χ1v) is 7.53. The number of carboxylic acid groups (broad SMARTS) is 1. The number of nitrogens with zero attached hydrogens (tertiary/aromatic N) is 1. The zero-order valence-corrected chi connectivity index (χ0v) is 13.1. The maximum atomic E-state index is 11.1. The zero-order valence-electron chi connectivity index (χ0n) is 13.1. The van der Waals surface area contributed by atoms with Crippen LogP contribution in [0.15, 0.2) is 24.3 Å². The number of carbonyl (C=O) groups is 1. The summed E-state index contributed by atoms with van der Waals surface area (Å²) in [5.41, 5.74) is 0.956. The van der Waals surface area contributed by atoms with Crippen LogP contribution in [0.3, 0.4) is 0 Å². The highest BCUT2D eigenvalue weighted by molar-refractivity contribution is 5.74. The highest BCUT2D eigenvalue weighted by Crippen LogP contribution is 2.18. The summed E-state index contributed by atoms with van der Waals surface area (Å²) in [7, 11) is 1.60. The van der Waals surface area contributed by atoms with Crippen LogP contribution in [0.5, 0.6) is 5.75 Å². The summed E-state index contributed by atoms with van der Waals surface area (Å²) < 4.78 is 10.5. The van der Waals surface area contributed by atoms with Crippen LogP contribution in [0.2, 0.25) is 0 Å². The molecule has 0 saturated carbocycles. The van der Waals surface area contributed by atoms with E-state index in [0.29, 0.717) is 6.61 Å². The monoisotopic (exact) mass is 325 g/mol. The first-order valence-electron chi connectivity index (χ1n) is 7.53. The number of aliphatic hydroxyl groups is 2. The Balaban J connectivity index is 1.74. The van der Waals surface area contributed by atoms with Gasteiger partial charge >= 0.3 is 5.97 Å². The minimum atomic E-state index is -0.979. The molecule has 7 nitrogen and oxygen atoms in total. The molecule has 1 aromatic rings. The third kappa shape index (κ3) is 5.18. The molecule has 128 valence electrons. The summed E-state index contributed by atoms with van der Waals surface area (Å²) in [6, 6.07) is 6.67. The predicted molar refractivity (Wildman–Crippen MR) is 82.3 cm³/mol. The number of benzene rings is 1. The SMILES string of the molecule is COc1ccc(COCC(O)CN2C[C@H](O)C[C@@H]2C(=O)O)cc1. The van der Waals surface area contributed by atoms with Crippen LogP contribution >= 0.6 is 0 Å². The lowest BCUT2D eigenvalue weighted by Crippen LogP contribution is -2.42. The molecule has 3 N–H and O–H groups in total. The van der Waals surface area contributed by atoms with Crippen molar-refractivity contribution in [2.75, 3.05) is 26.8 Å². The molecule has 0 aromatic heterocycles. The maximum absolute atomic E-state index is 11.1. The number of aliphatic hydroxyl groups excluding tert-OH is 2. The number of hydrogen-bond acceptors (Lipinski definition) is 6. The van der Waals surface area contributed by atoms with E-state index in [1.54, 1.807) is 12.0 Å². The number of β-amino-alcohol motifs (C(OH)–C–C–N with tert-alkyl or cyclic N) is 2. The van der Waals surface area contributed by atoms with Gasteiger partial charge in [0.1, 0.15) is 11.8 Å². The molecule has 7 heteroatoms. The lowest BCUT2D eigenvalue weighted by molar-refractivity contribution is -0.142. The minimum absolute atomic E-state index is 0.102. The quantitative estimate of drug-likeness (QED) is 0.623. The molecule has 0 aliphatic carbocycles. The van der Waals surface area contributed by atoms with Gasteiger partial charge in [-0.05, 0) is 17.7 Å². The number of methoxy groups -OCH3 is 1. The second-order valence-electron chi connectivity index (χ2n) is 5.71. The van der Waals surface area contributed by atoms with Crippen molar-refractivity contribution in [2.45, 2.75) is 31.3 Å². The van der Waals surface area contributed by atoms with Crippen LogP contribution in [0.25, 0.3) is 0 Å². The number of ether oxygens (including phenoxy) is 2. The summed E-state index contributed by atoms with van der Waals surface area (Å²) in [4.78, 5) is 12.7. The van der Waals surface area contributed by atoms with Gasteiger partial charge in [0.05, 0.1) is 32.5 Å². The van der Waals surface area contributed by atoms with Crippen LogP contribution in [0, 0.1) is 0 Å². The number of hydrogen-bond donors (Lipinski definition) is 3. The number of rotatable bonds is 8. The van der Waals surface area contributed by atoms with Crippen LogP contribution in [-0.2, 0) is 16.1 Å². The summed E-state index contributed by atoms with van der Waals surface area (Å²) in [6.07, 6.45) is -1.28. The molecule has 23 heavy (non-hydrogen) atoms. The number of carboxylic acids is 1. The fourth-order valence-corrected chi connectivity index (χ4v) is 2.70. The molecule has 2 rings (SSSR count). The van der Waals surface area contributed by atoms with Crippen molar-refractivity contribution in [3.63, 3.8) is 0 Å². The summed E-state index contributed by atoms with van der Waals surface area (Å²) in [6.45, 7) is 0.875. The Morgan fingerprint density at radius 1 is 1.39 bits per heavy atom. The van der Waals surface area contributed by atoms with E-state index in [-0.39, 0.29) is 26.1 Å². The Labute approximate surface area is 135 Å². The van der Waals surface area contributed by atoms with Crippen molar-refractivity contribution in [1.29, 1.82) is 0 Å². The molecule has 1 aromatic carbocycles.